The smallest absolute Gasteiger partial charge is 0.123 e. The Morgan fingerprint density at radius 3 is 2.60 bits per heavy atom. The first kappa shape index (κ1) is 11.7. The Morgan fingerprint density at radius 1 is 1.40 bits per heavy atom. The Bertz CT molecular complexity index is 292. The van der Waals surface area contributed by atoms with Crippen LogP contribution in [0.15, 0.2) is 24.3 Å². The van der Waals surface area contributed by atoms with E-state index in [1.807, 2.05) is 31.2 Å². The number of carbonyl (C=O) groups is 1. The molecule has 3 nitrogen and oxygen atoms in total. The van der Waals surface area contributed by atoms with Gasteiger partial charge in [0.15, 0.2) is 0 Å². The lowest BCUT2D eigenvalue weighted by atomic mass is 10.0. The van der Waals surface area contributed by atoms with Crippen molar-refractivity contribution in [1.82, 2.24) is 0 Å². The van der Waals surface area contributed by atoms with Gasteiger partial charge in [0.1, 0.15) is 18.6 Å². The minimum Gasteiger partial charge on any atom is -0.491 e. The molecule has 0 radical (unpaired) electrons. The predicted molar refractivity (Wildman–Crippen MR) is 58.0 cm³/mol. The molecule has 1 atom stereocenters. The summed E-state index contributed by atoms with van der Waals surface area (Å²) in [5.74, 6) is 0.792. The lowest BCUT2D eigenvalue weighted by molar-refractivity contribution is -0.110. The molecule has 15 heavy (non-hydrogen) atoms. The molecule has 1 aromatic carbocycles. The average Bonchev–Trinajstić information content (AvgIpc) is 2.28. The van der Waals surface area contributed by atoms with Crippen LogP contribution in [0.5, 0.6) is 5.75 Å². The van der Waals surface area contributed by atoms with E-state index in [-0.39, 0.29) is 12.5 Å². The summed E-state index contributed by atoms with van der Waals surface area (Å²) in [6.45, 7) is 2.22. The van der Waals surface area contributed by atoms with E-state index >= 15 is 0 Å². The highest BCUT2D eigenvalue weighted by atomic mass is 16.5. The summed E-state index contributed by atoms with van der Waals surface area (Å²) in [5, 5.41) is 8.57. The van der Waals surface area contributed by atoms with Gasteiger partial charge in [-0.05, 0) is 24.1 Å². The summed E-state index contributed by atoms with van der Waals surface area (Å²) in [6, 6.07) is 7.57. The molecule has 0 saturated carbocycles. The van der Waals surface area contributed by atoms with Crippen molar-refractivity contribution in [2.24, 2.45) is 5.92 Å². The molecule has 0 saturated heterocycles. The van der Waals surface area contributed by atoms with Crippen LogP contribution in [0.4, 0.5) is 0 Å². The Hall–Kier alpha value is -1.35. The molecular formula is C12H16O3. The van der Waals surface area contributed by atoms with Gasteiger partial charge < -0.3 is 14.6 Å². The number of aliphatic hydroxyl groups excluding tert-OH is 1. The molecule has 3 heteroatoms. The van der Waals surface area contributed by atoms with Crippen molar-refractivity contribution in [3.8, 4) is 5.75 Å². The highest BCUT2D eigenvalue weighted by Gasteiger charge is 2.01. The first-order valence-electron chi connectivity index (χ1n) is 5.04. The summed E-state index contributed by atoms with van der Waals surface area (Å²) < 4.78 is 5.22. The second-order valence-corrected chi connectivity index (χ2v) is 3.53. The molecule has 0 heterocycles. The lowest BCUT2D eigenvalue weighted by Crippen LogP contribution is -2.02. The number of rotatable bonds is 6. The first-order chi connectivity index (χ1) is 7.26. The number of aliphatic hydroxyl groups is 1. The topological polar surface area (TPSA) is 46.5 Å². The monoisotopic (exact) mass is 208 g/mol. The van der Waals surface area contributed by atoms with Gasteiger partial charge in [0.2, 0.25) is 0 Å². The average molecular weight is 208 g/mol. The summed E-state index contributed by atoms with van der Waals surface area (Å²) in [4.78, 5) is 10.5. The third kappa shape index (κ3) is 4.13. The van der Waals surface area contributed by atoms with Crippen LogP contribution in [-0.2, 0) is 11.2 Å². The van der Waals surface area contributed by atoms with Crippen LogP contribution < -0.4 is 4.74 Å². The van der Waals surface area contributed by atoms with Crippen molar-refractivity contribution in [3.63, 3.8) is 0 Å². The minimum atomic E-state index is 0.0178. The fraction of sp³-hybridized carbons (Fsp3) is 0.417. The van der Waals surface area contributed by atoms with Crippen LogP contribution in [0.25, 0.3) is 0 Å². The normalized spacial score (nSPS) is 12.1. The van der Waals surface area contributed by atoms with Crippen LogP contribution in [0, 0.1) is 5.92 Å². The van der Waals surface area contributed by atoms with Crippen molar-refractivity contribution in [3.05, 3.63) is 29.8 Å². The molecule has 0 aliphatic carbocycles. The van der Waals surface area contributed by atoms with Crippen LogP contribution in [0.2, 0.25) is 0 Å². The Kier molecular flexibility index (Phi) is 4.84. The number of carbonyl (C=O) groups excluding carboxylic acids is 1. The van der Waals surface area contributed by atoms with Gasteiger partial charge in [-0.15, -0.1) is 0 Å². The van der Waals surface area contributed by atoms with Crippen molar-refractivity contribution in [2.75, 3.05) is 13.2 Å². The maximum atomic E-state index is 10.5. The predicted octanol–water partition coefficient (Wildman–Crippen LogP) is 1.44. The van der Waals surface area contributed by atoms with Crippen molar-refractivity contribution >= 4 is 6.29 Å². The number of benzene rings is 1. The van der Waals surface area contributed by atoms with E-state index in [1.54, 1.807) is 0 Å². The van der Waals surface area contributed by atoms with Gasteiger partial charge in [-0.3, -0.25) is 0 Å². The molecule has 0 bridgehead atoms. The molecule has 0 fully saturated rings. The quantitative estimate of drug-likeness (QED) is 0.719. The number of aldehydes is 1. The van der Waals surface area contributed by atoms with Crippen molar-refractivity contribution in [1.29, 1.82) is 0 Å². The number of hydrogen-bond donors (Lipinski definition) is 1. The van der Waals surface area contributed by atoms with Gasteiger partial charge in [0.25, 0.3) is 0 Å². The number of ether oxygens (including phenoxy) is 1. The van der Waals surface area contributed by atoms with Crippen LogP contribution in [0.3, 0.4) is 0 Å². The number of hydrogen-bond acceptors (Lipinski definition) is 3. The molecule has 1 N–H and O–H groups in total. The Balaban J connectivity index is 2.52. The molecule has 0 aliphatic rings. The fourth-order valence-corrected chi connectivity index (χ4v) is 1.31. The van der Waals surface area contributed by atoms with E-state index < -0.39 is 0 Å². The summed E-state index contributed by atoms with van der Waals surface area (Å²) >= 11 is 0. The second kappa shape index (κ2) is 6.19. The van der Waals surface area contributed by atoms with Crippen molar-refractivity contribution < 1.29 is 14.6 Å². The van der Waals surface area contributed by atoms with Crippen LogP contribution in [0.1, 0.15) is 12.5 Å². The molecular weight excluding hydrogens is 192 g/mol. The van der Waals surface area contributed by atoms with Crippen molar-refractivity contribution in [2.45, 2.75) is 13.3 Å². The largest absolute Gasteiger partial charge is 0.491 e. The van der Waals surface area contributed by atoms with Crippen LogP contribution >= 0.6 is 0 Å². The maximum Gasteiger partial charge on any atom is 0.123 e. The van der Waals surface area contributed by atoms with E-state index in [2.05, 4.69) is 0 Å². The molecule has 82 valence electrons. The Morgan fingerprint density at radius 2 is 2.07 bits per heavy atom. The molecule has 0 aliphatic heterocycles. The Labute approximate surface area is 89.7 Å². The second-order valence-electron chi connectivity index (χ2n) is 3.53. The van der Waals surface area contributed by atoms with Crippen LogP contribution in [-0.4, -0.2) is 24.6 Å². The van der Waals surface area contributed by atoms with E-state index in [0.29, 0.717) is 6.61 Å². The standard InChI is InChI=1S/C12H16O3/c1-10(9-14)8-11-2-4-12(5-3-11)15-7-6-13/h2-5,9-10,13H,6-8H2,1H3/t10-/m0/s1. The first-order valence-corrected chi connectivity index (χ1v) is 5.04. The highest BCUT2D eigenvalue weighted by molar-refractivity contribution is 5.53. The van der Waals surface area contributed by atoms with E-state index in [1.165, 1.54) is 0 Å². The van der Waals surface area contributed by atoms with Gasteiger partial charge in [-0.1, -0.05) is 19.1 Å². The lowest BCUT2D eigenvalue weighted by Gasteiger charge is -2.06. The fourth-order valence-electron chi connectivity index (χ4n) is 1.31. The summed E-state index contributed by atoms with van der Waals surface area (Å²) in [6.07, 6.45) is 1.71. The van der Waals surface area contributed by atoms with Gasteiger partial charge in [0.05, 0.1) is 6.61 Å². The highest BCUT2D eigenvalue weighted by Crippen LogP contribution is 2.14. The molecule has 0 aromatic heterocycles. The molecule has 1 rings (SSSR count). The van der Waals surface area contributed by atoms with Gasteiger partial charge in [-0.2, -0.15) is 0 Å². The third-order valence-corrected chi connectivity index (χ3v) is 2.07. The zero-order valence-electron chi connectivity index (χ0n) is 8.85. The third-order valence-electron chi connectivity index (χ3n) is 2.07. The SMILES string of the molecule is C[C@H](C=O)Cc1ccc(OCCO)cc1. The van der Waals surface area contributed by atoms with Gasteiger partial charge >= 0.3 is 0 Å². The summed E-state index contributed by atoms with van der Waals surface area (Å²) in [5.41, 5.74) is 1.12. The van der Waals surface area contributed by atoms with E-state index in [9.17, 15) is 4.79 Å². The maximum absolute atomic E-state index is 10.5. The van der Waals surface area contributed by atoms with E-state index in [0.717, 1.165) is 24.0 Å². The van der Waals surface area contributed by atoms with Gasteiger partial charge in [-0.25, -0.2) is 0 Å². The summed E-state index contributed by atoms with van der Waals surface area (Å²) in [7, 11) is 0. The zero-order chi connectivity index (χ0) is 11.1. The zero-order valence-corrected chi connectivity index (χ0v) is 8.85. The van der Waals surface area contributed by atoms with Gasteiger partial charge in [0, 0.05) is 5.92 Å². The molecule has 0 amide bonds. The molecule has 1 aromatic rings. The van der Waals surface area contributed by atoms with E-state index in [4.69, 9.17) is 9.84 Å². The minimum absolute atomic E-state index is 0.0178. The molecule has 0 unspecified atom stereocenters. The molecule has 0 spiro atoms.